The number of amides is 2. The van der Waals surface area contributed by atoms with Crippen LogP contribution in [0.15, 0.2) is 48.5 Å². The molecule has 2 aromatic rings. The maximum absolute atomic E-state index is 13.2. The molecule has 1 N–H and O–H groups in total. The summed E-state index contributed by atoms with van der Waals surface area (Å²) in [5, 5.41) is 2.75. The fourth-order valence-corrected chi connectivity index (χ4v) is 3.03. The Balaban J connectivity index is 1.55. The number of halogens is 1. The summed E-state index contributed by atoms with van der Waals surface area (Å²) in [7, 11) is 0. The predicted molar refractivity (Wildman–Crippen MR) is 94.8 cm³/mol. The second kappa shape index (κ2) is 7.47. The molecule has 0 bridgehead atoms. The van der Waals surface area contributed by atoms with Gasteiger partial charge in [0.1, 0.15) is 5.82 Å². The number of aryl methyl sites for hydroxylation is 1. The van der Waals surface area contributed by atoms with Gasteiger partial charge in [0.15, 0.2) is 0 Å². The normalized spacial score (nSPS) is 15.0. The number of carbonyl (C=O) groups excluding carboxylic acids is 2. The maximum atomic E-state index is 13.2. The summed E-state index contributed by atoms with van der Waals surface area (Å²) in [4.78, 5) is 26.6. The van der Waals surface area contributed by atoms with E-state index in [1.807, 2.05) is 31.2 Å². The Labute approximate surface area is 146 Å². The maximum Gasteiger partial charge on any atom is 0.253 e. The van der Waals surface area contributed by atoms with Crippen molar-refractivity contribution in [3.63, 3.8) is 0 Å². The molecule has 25 heavy (non-hydrogen) atoms. The van der Waals surface area contributed by atoms with E-state index >= 15 is 0 Å². The van der Waals surface area contributed by atoms with Gasteiger partial charge in [-0.3, -0.25) is 9.59 Å². The van der Waals surface area contributed by atoms with Crippen LogP contribution in [0.1, 0.15) is 28.8 Å². The number of piperidine rings is 1. The average molecular weight is 340 g/mol. The fraction of sp³-hybridized carbons (Fsp3) is 0.300. The van der Waals surface area contributed by atoms with Gasteiger partial charge in [-0.05, 0) is 50.1 Å². The van der Waals surface area contributed by atoms with Crippen LogP contribution in [0.2, 0.25) is 0 Å². The number of hydrogen-bond donors (Lipinski definition) is 1. The van der Waals surface area contributed by atoms with Gasteiger partial charge in [-0.25, -0.2) is 4.39 Å². The average Bonchev–Trinajstić information content (AvgIpc) is 2.62. The number of anilines is 1. The highest BCUT2D eigenvalue weighted by molar-refractivity contribution is 5.95. The quantitative estimate of drug-likeness (QED) is 0.928. The number of carbonyl (C=O) groups is 2. The van der Waals surface area contributed by atoms with Crippen molar-refractivity contribution in [3.05, 3.63) is 65.5 Å². The van der Waals surface area contributed by atoms with Gasteiger partial charge in [0, 0.05) is 30.3 Å². The van der Waals surface area contributed by atoms with Crippen LogP contribution in [0.4, 0.5) is 10.1 Å². The molecule has 3 rings (SSSR count). The van der Waals surface area contributed by atoms with Crippen LogP contribution in [-0.4, -0.2) is 29.8 Å². The molecule has 1 fully saturated rings. The van der Waals surface area contributed by atoms with Gasteiger partial charge < -0.3 is 10.2 Å². The molecule has 2 amide bonds. The van der Waals surface area contributed by atoms with Gasteiger partial charge in [-0.15, -0.1) is 0 Å². The number of nitrogens with one attached hydrogen (secondary N) is 1. The highest BCUT2D eigenvalue weighted by Crippen LogP contribution is 2.21. The van der Waals surface area contributed by atoms with Crippen molar-refractivity contribution in [2.75, 3.05) is 18.4 Å². The van der Waals surface area contributed by atoms with E-state index in [2.05, 4.69) is 5.32 Å². The van der Waals surface area contributed by atoms with Gasteiger partial charge in [0.25, 0.3) is 5.91 Å². The molecule has 0 aromatic heterocycles. The summed E-state index contributed by atoms with van der Waals surface area (Å²) in [6.45, 7) is 3.08. The Morgan fingerprint density at radius 3 is 2.40 bits per heavy atom. The molecular weight excluding hydrogens is 319 g/mol. The van der Waals surface area contributed by atoms with Gasteiger partial charge in [-0.2, -0.15) is 0 Å². The molecule has 0 atom stereocenters. The van der Waals surface area contributed by atoms with Crippen LogP contribution in [-0.2, 0) is 4.79 Å². The molecule has 0 unspecified atom stereocenters. The van der Waals surface area contributed by atoms with Crippen molar-refractivity contribution in [2.45, 2.75) is 19.8 Å². The third-order valence-electron chi connectivity index (χ3n) is 4.54. The van der Waals surface area contributed by atoms with Crippen molar-refractivity contribution in [3.8, 4) is 0 Å². The zero-order valence-electron chi connectivity index (χ0n) is 14.2. The van der Waals surface area contributed by atoms with Crippen LogP contribution in [0.5, 0.6) is 0 Å². The fourth-order valence-electron chi connectivity index (χ4n) is 3.03. The predicted octanol–water partition coefficient (Wildman–Crippen LogP) is 3.63. The van der Waals surface area contributed by atoms with E-state index in [0.717, 1.165) is 5.56 Å². The van der Waals surface area contributed by atoms with Crippen LogP contribution >= 0.6 is 0 Å². The topological polar surface area (TPSA) is 49.4 Å². The lowest BCUT2D eigenvalue weighted by Crippen LogP contribution is -2.41. The largest absolute Gasteiger partial charge is 0.339 e. The van der Waals surface area contributed by atoms with Crippen molar-refractivity contribution < 1.29 is 14.0 Å². The molecule has 0 aliphatic carbocycles. The van der Waals surface area contributed by atoms with E-state index in [0.29, 0.717) is 37.2 Å². The smallest absolute Gasteiger partial charge is 0.253 e. The number of rotatable bonds is 3. The first kappa shape index (κ1) is 17.1. The minimum absolute atomic E-state index is 0.00369. The first-order valence-corrected chi connectivity index (χ1v) is 8.45. The van der Waals surface area contributed by atoms with E-state index in [-0.39, 0.29) is 23.5 Å². The molecule has 1 heterocycles. The van der Waals surface area contributed by atoms with Gasteiger partial charge in [-0.1, -0.05) is 23.8 Å². The molecule has 1 aliphatic heterocycles. The highest BCUT2D eigenvalue weighted by atomic mass is 19.1. The van der Waals surface area contributed by atoms with Crippen LogP contribution < -0.4 is 5.32 Å². The standard InChI is InChI=1S/C20H21FN2O2/c1-14-5-7-16(8-6-14)20(25)23-11-9-15(10-12-23)19(24)22-18-4-2-3-17(21)13-18/h2-8,13,15H,9-12H2,1H3,(H,22,24). The number of benzene rings is 2. The lowest BCUT2D eigenvalue weighted by molar-refractivity contribution is -0.121. The Hall–Kier alpha value is -2.69. The van der Waals surface area contributed by atoms with Crippen LogP contribution in [0.3, 0.4) is 0 Å². The Morgan fingerprint density at radius 1 is 1.08 bits per heavy atom. The number of hydrogen-bond acceptors (Lipinski definition) is 2. The van der Waals surface area contributed by atoms with Crippen LogP contribution in [0, 0.1) is 18.7 Å². The molecular formula is C20H21FN2O2. The molecule has 2 aromatic carbocycles. The van der Waals surface area contributed by atoms with Crippen molar-refractivity contribution in [2.24, 2.45) is 5.92 Å². The lowest BCUT2D eigenvalue weighted by atomic mass is 9.95. The van der Waals surface area contributed by atoms with Gasteiger partial charge >= 0.3 is 0 Å². The van der Waals surface area contributed by atoms with E-state index in [4.69, 9.17) is 0 Å². The lowest BCUT2D eigenvalue weighted by Gasteiger charge is -2.31. The Kier molecular flexibility index (Phi) is 5.12. The summed E-state index contributed by atoms with van der Waals surface area (Å²) in [5.74, 6) is -0.654. The van der Waals surface area contributed by atoms with Crippen molar-refractivity contribution >= 4 is 17.5 Å². The molecule has 1 saturated heterocycles. The summed E-state index contributed by atoms with van der Waals surface area (Å²) in [5.41, 5.74) is 2.25. The van der Waals surface area contributed by atoms with Gasteiger partial charge in [0.05, 0.1) is 0 Å². The van der Waals surface area contributed by atoms with Crippen LogP contribution in [0.25, 0.3) is 0 Å². The van der Waals surface area contributed by atoms with E-state index < -0.39 is 0 Å². The zero-order valence-corrected chi connectivity index (χ0v) is 14.2. The van der Waals surface area contributed by atoms with E-state index in [1.165, 1.54) is 12.1 Å². The molecule has 0 radical (unpaired) electrons. The minimum atomic E-state index is -0.378. The molecule has 130 valence electrons. The summed E-state index contributed by atoms with van der Waals surface area (Å²) in [6, 6.07) is 13.4. The second-order valence-electron chi connectivity index (χ2n) is 6.43. The molecule has 0 spiro atoms. The monoisotopic (exact) mass is 340 g/mol. The van der Waals surface area contributed by atoms with Crippen molar-refractivity contribution in [1.82, 2.24) is 4.90 Å². The first-order chi connectivity index (χ1) is 12.0. The summed E-state index contributed by atoms with van der Waals surface area (Å²) in [6.07, 6.45) is 1.22. The number of nitrogens with zero attached hydrogens (tertiary/aromatic N) is 1. The zero-order chi connectivity index (χ0) is 17.8. The Morgan fingerprint density at radius 2 is 1.76 bits per heavy atom. The van der Waals surface area contributed by atoms with Crippen molar-refractivity contribution in [1.29, 1.82) is 0 Å². The third kappa shape index (κ3) is 4.24. The molecule has 0 saturated carbocycles. The molecule has 5 heteroatoms. The molecule has 4 nitrogen and oxygen atoms in total. The minimum Gasteiger partial charge on any atom is -0.339 e. The number of likely N-dealkylation sites (tertiary alicyclic amines) is 1. The first-order valence-electron chi connectivity index (χ1n) is 8.45. The summed E-state index contributed by atoms with van der Waals surface area (Å²) < 4.78 is 13.2. The summed E-state index contributed by atoms with van der Waals surface area (Å²) >= 11 is 0. The third-order valence-corrected chi connectivity index (χ3v) is 4.54. The Bertz CT molecular complexity index is 766. The van der Waals surface area contributed by atoms with E-state index in [1.54, 1.807) is 17.0 Å². The van der Waals surface area contributed by atoms with Gasteiger partial charge in [0.2, 0.25) is 5.91 Å². The SMILES string of the molecule is Cc1ccc(C(=O)N2CCC(C(=O)Nc3cccc(F)c3)CC2)cc1. The second-order valence-corrected chi connectivity index (χ2v) is 6.43. The van der Waals surface area contributed by atoms with E-state index in [9.17, 15) is 14.0 Å². The highest BCUT2D eigenvalue weighted by Gasteiger charge is 2.27. The molecule has 1 aliphatic rings.